The lowest BCUT2D eigenvalue weighted by atomic mass is 9.69. The number of aromatic nitrogens is 2. The van der Waals surface area contributed by atoms with Gasteiger partial charge in [-0.25, -0.2) is 4.79 Å². The number of hydrogen-bond donors (Lipinski definition) is 2. The number of nitrogens with zero attached hydrogens (tertiary/aromatic N) is 3. The van der Waals surface area contributed by atoms with Crippen LogP contribution in [0.3, 0.4) is 0 Å². The topological polar surface area (TPSA) is 93.2 Å². The number of fused-ring (bicyclic) bond motifs is 3. The van der Waals surface area contributed by atoms with Gasteiger partial charge in [-0.15, -0.1) is 0 Å². The van der Waals surface area contributed by atoms with Crippen molar-refractivity contribution >= 4 is 11.9 Å². The van der Waals surface area contributed by atoms with E-state index in [-0.39, 0.29) is 5.91 Å². The molecule has 1 aromatic rings. The van der Waals surface area contributed by atoms with E-state index in [1.807, 2.05) is 4.68 Å². The highest BCUT2D eigenvalue weighted by Crippen LogP contribution is 2.43. The molecule has 0 radical (unpaired) electrons. The molecule has 1 fully saturated rings. The molecule has 3 amide bonds. The van der Waals surface area contributed by atoms with Crippen molar-refractivity contribution in [2.45, 2.75) is 38.8 Å². The molecule has 1 spiro atoms. The molecule has 1 aromatic heterocycles. The average molecular weight is 289 g/mol. The van der Waals surface area contributed by atoms with E-state index >= 15 is 0 Å². The standard InChI is InChI=1S/C14H19N5O2/c15-13(21)18-5-2-9-11(12(18)20)10-6-16-7-14(3-1-4-14)8-19(10)17-9/h16H,1-8H2,(H2,15,21). The Morgan fingerprint density at radius 3 is 2.86 bits per heavy atom. The molecule has 0 bridgehead atoms. The smallest absolute Gasteiger partial charge is 0.321 e. The van der Waals surface area contributed by atoms with Gasteiger partial charge in [-0.3, -0.25) is 14.4 Å². The number of carbonyl (C=O) groups excluding carboxylic acids is 2. The number of rotatable bonds is 0. The van der Waals surface area contributed by atoms with Gasteiger partial charge in [-0.2, -0.15) is 5.10 Å². The number of imide groups is 1. The normalized spacial score (nSPS) is 23.2. The van der Waals surface area contributed by atoms with Crippen molar-refractivity contribution in [2.24, 2.45) is 11.1 Å². The number of carbonyl (C=O) groups is 2. The van der Waals surface area contributed by atoms with Crippen LogP contribution in [0.25, 0.3) is 0 Å². The average Bonchev–Trinajstić information content (AvgIpc) is 2.62. The SMILES string of the molecule is NC(=O)N1CCc2nn3c(c2C1=O)CNCC1(CCC1)C3. The highest BCUT2D eigenvalue weighted by Gasteiger charge is 2.41. The zero-order valence-corrected chi connectivity index (χ0v) is 11.9. The van der Waals surface area contributed by atoms with E-state index in [9.17, 15) is 9.59 Å². The first kappa shape index (κ1) is 12.8. The van der Waals surface area contributed by atoms with E-state index in [2.05, 4.69) is 10.4 Å². The Labute approximate surface area is 122 Å². The minimum Gasteiger partial charge on any atom is -0.351 e. The molecule has 0 atom stereocenters. The maximum absolute atomic E-state index is 12.5. The molecular weight excluding hydrogens is 270 g/mol. The van der Waals surface area contributed by atoms with Gasteiger partial charge in [0.05, 0.1) is 17.0 Å². The first-order chi connectivity index (χ1) is 10.1. The van der Waals surface area contributed by atoms with Crippen molar-refractivity contribution in [3.8, 4) is 0 Å². The lowest BCUT2D eigenvalue weighted by Crippen LogP contribution is -2.45. The summed E-state index contributed by atoms with van der Waals surface area (Å²) >= 11 is 0. The third kappa shape index (κ3) is 1.80. The molecule has 3 N–H and O–H groups in total. The van der Waals surface area contributed by atoms with E-state index in [0.717, 1.165) is 29.4 Å². The van der Waals surface area contributed by atoms with Crippen LogP contribution in [0.4, 0.5) is 4.79 Å². The van der Waals surface area contributed by atoms with E-state index in [0.29, 0.717) is 30.5 Å². The van der Waals surface area contributed by atoms with Crippen molar-refractivity contribution < 1.29 is 9.59 Å². The summed E-state index contributed by atoms with van der Waals surface area (Å²) in [6.07, 6.45) is 4.29. The second-order valence-corrected chi connectivity index (χ2v) is 6.43. The van der Waals surface area contributed by atoms with Gasteiger partial charge >= 0.3 is 6.03 Å². The van der Waals surface area contributed by atoms with Crippen molar-refractivity contribution in [1.82, 2.24) is 20.0 Å². The fourth-order valence-corrected chi connectivity index (χ4v) is 3.78. The molecule has 1 saturated carbocycles. The molecule has 4 rings (SSSR count). The Bertz CT molecular complexity index is 632. The van der Waals surface area contributed by atoms with Crippen LogP contribution in [0.1, 0.15) is 41.0 Å². The summed E-state index contributed by atoms with van der Waals surface area (Å²) in [7, 11) is 0. The largest absolute Gasteiger partial charge is 0.351 e. The summed E-state index contributed by atoms with van der Waals surface area (Å²) in [5, 5.41) is 8.10. The van der Waals surface area contributed by atoms with Gasteiger partial charge in [-0.1, -0.05) is 6.42 Å². The van der Waals surface area contributed by atoms with Gasteiger partial charge in [0.25, 0.3) is 5.91 Å². The quantitative estimate of drug-likeness (QED) is 0.715. The van der Waals surface area contributed by atoms with E-state index < -0.39 is 6.03 Å². The molecule has 7 nitrogen and oxygen atoms in total. The predicted octanol–water partition coefficient (Wildman–Crippen LogP) is 0.234. The highest BCUT2D eigenvalue weighted by atomic mass is 16.2. The van der Waals surface area contributed by atoms with E-state index in [1.165, 1.54) is 19.3 Å². The molecular formula is C14H19N5O2. The number of hydrogen-bond acceptors (Lipinski definition) is 4. The van der Waals surface area contributed by atoms with E-state index in [1.54, 1.807) is 0 Å². The molecule has 0 unspecified atom stereocenters. The molecule has 21 heavy (non-hydrogen) atoms. The molecule has 3 heterocycles. The second-order valence-electron chi connectivity index (χ2n) is 6.43. The summed E-state index contributed by atoms with van der Waals surface area (Å²) in [6.45, 7) is 2.80. The maximum atomic E-state index is 12.5. The Hall–Kier alpha value is -1.89. The second kappa shape index (κ2) is 4.30. The Balaban J connectivity index is 1.74. The summed E-state index contributed by atoms with van der Waals surface area (Å²) in [5.41, 5.74) is 7.89. The maximum Gasteiger partial charge on any atom is 0.321 e. The summed E-state index contributed by atoms with van der Waals surface area (Å²) in [4.78, 5) is 25.0. The van der Waals surface area contributed by atoms with Crippen molar-refractivity contribution in [1.29, 1.82) is 0 Å². The fourth-order valence-electron chi connectivity index (χ4n) is 3.78. The summed E-state index contributed by atoms with van der Waals surface area (Å²) in [6, 6.07) is -0.678. The third-order valence-electron chi connectivity index (χ3n) is 5.12. The third-order valence-corrected chi connectivity index (χ3v) is 5.12. The first-order valence-corrected chi connectivity index (χ1v) is 7.50. The lowest BCUT2D eigenvalue weighted by molar-refractivity contribution is 0.0793. The number of urea groups is 1. The van der Waals surface area contributed by atoms with E-state index in [4.69, 9.17) is 5.73 Å². The number of amides is 3. The van der Waals surface area contributed by atoms with Crippen molar-refractivity contribution in [3.63, 3.8) is 0 Å². The van der Waals surface area contributed by atoms with Gasteiger partial charge < -0.3 is 11.1 Å². The van der Waals surface area contributed by atoms with Gasteiger partial charge in [0.15, 0.2) is 0 Å². The molecule has 112 valence electrons. The molecule has 2 aliphatic heterocycles. The van der Waals surface area contributed by atoms with Crippen LogP contribution in [0.5, 0.6) is 0 Å². The number of nitrogens with two attached hydrogens (primary N) is 1. The van der Waals surface area contributed by atoms with Crippen LogP contribution in [0.15, 0.2) is 0 Å². The highest BCUT2D eigenvalue weighted by molar-refractivity contribution is 6.06. The lowest BCUT2D eigenvalue weighted by Gasteiger charge is -2.40. The zero-order valence-electron chi connectivity index (χ0n) is 11.9. The Kier molecular flexibility index (Phi) is 2.63. The van der Waals surface area contributed by atoms with Gasteiger partial charge in [0, 0.05) is 38.0 Å². The minimum absolute atomic E-state index is 0.295. The van der Waals surface area contributed by atoms with Crippen LogP contribution in [0.2, 0.25) is 0 Å². The molecule has 1 aliphatic carbocycles. The van der Waals surface area contributed by atoms with Gasteiger partial charge in [-0.05, 0) is 12.8 Å². The zero-order chi connectivity index (χ0) is 14.6. The van der Waals surface area contributed by atoms with Crippen LogP contribution in [-0.4, -0.2) is 39.7 Å². The van der Waals surface area contributed by atoms with Crippen LogP contribution < -0.4 is 11.1 Å². The monoisotopic (exact) mass is 289 g/mol. The summed E-state index contributed by atoms with van der Waals surface area (Å²) in [5.74, 6) is -0.295. The van der Waals surface area contributed by atoms with Crippen LogP contribution >= 0.6 is 0 Å². The van der Waals surface area contributed by atoms with Crippen molar-refractivity contribution in [3.05, 3.63) is 17.0 Å². The summed E-state index contributed by atoms with van der Waals surface area (Å²) < 4.78 is 1.99. The van der Waals surface area contributed by atoms with Crippen molar-refractivity contribution in [2.75, 3.05) is 13.1 Å². The molecule has 7 heteroatoms. The Morgan fingerprint density at radius 2 is 2.19 bits per heavy atom. The Morgan fingerprint density at radius 1 is 1.38 bits per heavy atom. The van der Waals surface area contributed by atoms with Crippen LogP contribution in [-0.2, 0) is 19.5 Å². The van der Waals surface area contributed by atoms with Gasteiger partial charge in [0.1, 0.15) is 0 Å². The molecule has 0 saturated heterocycles. The molecule has 3 aliphatic rings. The van der Waals surface area contributed by atoms with Gasteiger partial charge in [0.2, 0.25) is 0 Å². The molecule has 0 aromatic carbocycles. The minimum atomic E-state index is -0.678. The fraction of sp³-hybridized carbons (Fsp3) is 0.643. The van der Waals surface area contributed by atoms with Crippen LogP contribution in [0, 0.1) is 5.41 Å². The number of primary amides is 1. The predicted molar refractivity (Wildman–Crippen MR) is 74.5 cm³/mol. The number of nitrogens with one attached hydrogen (secondary N) is 1. The first-order valence-electron chi connectivity index (χ1n) is 7.50.